The lowest BCUT2D eigenvalue weighted by molar-refractivity contribution is 1.04. The fourth-order valence-corrected chi connectivity index (χ4v) is 2.19. The van der Waals surface area contributed by atoms with Crippen LogP contribution in [0.1, 0.15) is 0 Å². The van der Waals surface area contributed by atoms with Gasteiger partial charge in [-0.15, -0.1) is 5.10 Å². The van der Waals surface area contributed by atoms with E-state index in [1.165, 1.54) is 0 Å². The predicted octanol–water partition coefficient (Wildman–Crippen LogP) is 3.27. The first-order chi connectivity index (χ1) is 10.3. The standard InChI is InChI=1S/C17H16N4/c1-21(2)14-8-6-13(7-9-14)17-15(10-12-19-20-17)16-5-3-4-11-18-16/h3-12H,1-2H3. The maximum Gasteiger partial charge on any atom is 0.102 e. The largest absolute Gasteiger partial charge is 0.378 e. The fraction of sp³-hybridized carbons (Fsp3) is 0.118. The van der Waals surface area contributed by atoms with Gasteiger partial charge in [0.25, 0.3) is 0 Å². The molecule has 0 radical (unpaired) electrons. The summed E-state index contributed by atoms with van der Waals surface area (Å²) < 4.78 is 0. The molecule has 0 spiro atoms. The van der Waals surface area contributed by atoms with Gasteiger partial charge in [-0.1, -0.05) is 18.2 Å². The highest BCUT2D eigenvalue weighted by molar-refractivity contribution is 5.78. The number of aromatic nitrogens is 3. The Morgan fingerprint density at radius 3 is 2.33 bits per heavy atom. The van der Waals surface area contributed by atoms with Gasteiger partial charge in [-0.2, -0.15) is 5.10 Å². The third-order valence-corrected chi connectivity index (χ3v) is 3.32. The summed E-state index contributed by atoms with van der Waals surface area (Å²) in [7, 11) is 4.05. The van der Waals surface area contributed by atoms with Crippen molar-refractivity contribution in [1.29, 1.82) is 0 Å². The van der Waals surface area contributed by atoms with Crippen molar-refractivity contribution in [1.82, 2.24) is 15.2 Å². The van der Waals surface area contributed by atoms with Crippen LogP contribution >= 0.6 is 0 Å². The van der Waals surface area contributed by atoms with Crippen molar-refractivity contribution >= 4 is 5.69 Å². The van der Waals surface area contributed by atoms with Gasteiger partial charge in [0, 0.05) is 37.1 Å². The minimum absolute atomic E-state index is 0.849. The van der Waals surface area contributed by atoms with E-state index in [-0.39, 0.29) is 0 Å². The summed E-state index contributed by atoms with van der Waals surface area (Å²) in [4.78, 5) is 6.47. The van der Waals surface area contributed by atoms with Gasteiger partial charge in [-0.25, -0.2) is 0 Å². The number of pyridine rings is 1. The molecule has 0 aliphatic heterocycles. The summed E-state index contributed by atoms with van der Waals surface area (Å²) in [6.07, 6.45) is 3.48. The van der Waals surface area contributed by atoms with Gasteiger partial charge in [0.2, 0.25) is 0 Å². The third kappa shape index (κ3) is 2.74. The highest BCUT2D eigenvalue weighted by atomic mass is 15.1. The minimum Gasteiger partial charge on any atom is -0.378 e. The molecule has 3 rings (SSSR count). The van der Waals surface area contributed by atoms with E-state index >= 15 is 0 Å². The number of nitrogens with zero attached hydrogens (tertiary/aromatic N) is 4. The van der Waals surface area contributed by atoms with Gasteiger partial charge < -0.3 is 4.90 Å². The van der Waals surface area contributed by atoms with Gasteiger partial charge in [-0.3, -0.25) is 4.98 Å². The van der Waals surface area contributed by atoms with Crippen molar-refractivity contribution in [3.8, 4) is 22.5 Å². The zero-order chi connectivity index (χ0) is 14.7. The third-order valence-electron chi connectivity index (χ3n) is 3.32. The Morgan fingerprint density at radius 2 is 1.67 bits per heavy atom. The molecular formula is C17H16N4. The average Bonchev–Trinajstić information content (AvgIpc) is 2.56. The normalized spacial score (nSPS) is 10.4. The van der Waals surface area contributed by atoms with E-state index in [2.05, 4.69) is 44.3 Å². The lowest BCUT2D eigenvalue weighted by Crippen LogP contribution is -2.08. The molecule has 4 nitrogen and oxygen atoms in total. The van der Waals surface area contributed by atoms with Crippen LogP contribution in [-0.2, 0) is 0 Å². The SMILES string of the molecule is CN(C)c1ccc(-c2nnccc2-c2ccccn2)cc1. The summed E-state index contributed by atoms with van der Waals surface area (Å²) in [5.41, 5.74) is 4.93. The van der Waals surface area contributed by atoms with E-state index in [4.69, 9.17) is 0 Å². The highest BCUT2D eigenvalue weighted by Gasteiger charge is 2.10. The summed E-state index contributed by atoms with van der Waals surface area (Å²) in [5, 5.41) is 8.31. The Balaban J connectivity index is 2.07. The number of hydrogen-bond acceptors (Lipinski definition) is 4. The van der Waals surface area contributed by atoms with Gasteiger partial charge in [0.1, 0.15) is 5.69 Å². The van der Waals surface area contributed by atoms with E-state index in [1.54, 1.807) is 12.4 Å². The van der Waals surface area contributed by atoms with Gasteiger partial charge >= 0.3 is 0 Å². The maximum atomic E-state index is 4.40. The first-order valence-electron chi connectivity index (χ1n) is 6.76. The minimum atomic E-state index is 0.849. The van der Waals surface area contributed by atoms with Crippen molar-refractivity contribution in [2.45, 2.75) is 0 Å². The molecule has 21 heavy (non-hydrogen) atoms. The van der Waals surface area contributed by atoms with Crippen LogP contribution in [0.5, 0.6) is 0 Å². The second-order valence-corrected chi connectivity index (χ2v) is 4.95. The number of rotatable bonds is 3. The van der Waals surface area contributed by atoms with Gasteiger partial charge in [-0.05, 0) is 30.3 Å². The van der Waals surface area contributed by atoms with Crippen molar-refractivity contribution in [2.24, 2.45) is 0 Å². The molecule has 0 aliphatic rings. The zero-order valence-corrected chi connectivity index (χ0v) is 12.1. The molecule has 3 aromatic rings. The summed E-state index contributed by atoms with van der Waals surface area (Å²) in [6.45, 7) is 0. The van der Waals surface area contributed by atoms with Crippen LogP contribution < -0.4 is 4.90 Å². The lowest BCUT2D eigenvalue weighted by atomic mass is 10.0. The zero-order valence-electron chi connectivity index (χ0n) is 12.1. The molecule has 0 unspecified atom stereocenters. The number of anilines is 1. The molecule has 0 amide bonds. The first kappa shape index (κ1) is 13.2. The predicted molar refractivity (Wildman–Crippen MR) is 85.0 cm³/mol. The van der Waals surface area contributed by atoms with Crippen LogP contribution in [0.3, 0.4) is 0 Å². The summed E-state index contributed by atoms with van der Waals surface area (Å²) >= 11 is 0. The molecule has 0 bridgehead atoms. The van der Waals surface area contributed by atoms with Crippen LogP contribution in [0.15, 0.2) is 60.9 Å². The van der Waals surface area contributed by atoms with Crippen molar-refractivity contribution in [2.75, 3.05) is 19.0 Å². The van der Waals surface area contributed by atoms with Crippen molar-refractivity contribution < 1.29 is 0 Å². The number of benzene rings is 1. The van der Waals surface area contributed by atoms with Gasteiger partial charge in [0.15, 0.2) is 0 Å². The van der Waals surface area contributed by atoms with Gasteiger partial charge in [0.05, 0.1) is 11.9 Å². The Kier molecular flexibility index (Phi) is 3.60. The average molecular weight is 276 g/mol. The Labute approximate surface area is 124 Å². The van der Waals surface area contributed by atoms with Crippen LogP contribution in [-0.4, -0.2) is 29.3 Å². The smallest absolute Gasteiger partial charge is 0.102 e. The molecule has 4 heteroatoms. The Hall–Kier alpha value is -2.75. The van der Waals surface area contributed by atoms with E-state index in [9.17, 15) is 0 Å². The molecule has 2 heterocycles. The quantitative estimate of drug-likeness (QED) is 0.736. The lowest BCUT2D eigenvalue weighted by Gasteiger charge is -2.13. The van der Waals surface area contributed by atoms with E-state index in [1.807, 2.05) is 38.4 Å². The summed E-state index contributed by atoms with van der Waals surface area (Å²) in [5.74, 6) is 0. The molecule has 1 aromatic carbocycles. The fourth-order valence-electron chi connectivity index (χ4n) is 2.19. The van der Waals surface area contributed by atoms with Crippen molar-refractivity contribution in [3.63, 3.8) is 0 Å². The van der Waals surface area contributed by atoms with E-state index in [0.717, 1.165) is 28.2 Å². The second kappa shape index (κ2) is 5.71. The first-order valence-corrected chi connectivity index (χ1v) is 6.76. The molecule has 104 valence electrons. The van der Waals surface area contributed by atoms with Crippen LogP contribution in [0, 0.1) is 0 Å². The summed E-state index contributed by atoms with van der Waals surface area (Å²) in [6, 6.07) is 16.1. The molecule has 2 aromatic heterocycles. The molecule has 0 saturated carbocycles. The van der Waals surface area contributed by atoms with Crippen LogP contribution in [0.25, 0.3) is 22.5 Å². The van der Waals surface area contributed by atoms with E-state index < -0.39 is 0 Å². The molecule has 0 atom stereocenters. The van der Waals surface area contributed by atoms with Crippen molar-refractivity contribution in [3.05, 3.63) is 60.9 Å². The topological polar surface area (TPSA) is 41.9 Å². The molecule has 0 fully saturated rings. The van der Waals surface area contributed by atoms with Crippen LogP contribution in [0.4, 0.5) is 5.69 Å². The highest BCUT2D eigenvalue weighted by Crippen LogP contribution is 2.29. The second-order valence-electron chi connectivity index (χ2n) is 4.95. The molecule has 0 saturated heterocycles. The number of hydrogen-bond donors (Lipinski definition) is 0. The monoisotopic (exact) mass is 276 g/mol. The Bertz CT molecular complexity index is 721. The molecule has 0 N–H and O–H groups in total. The Morgan fingerprint density at radius 1 is 0.857 bits per heavy atom. The van der Waals surface area contributed by atoms with E-state index in [0.29, 0.717) is 0 Å². The maximum absolute atomic E-state index is 4.40. The molecular weight excluding hydrogens is 260 g/mol. The van der Waals surface area contributed by atoms with Crippen LogP contribution in [0.2, 0.25) is 0 Å². The molecule has 0 aliphatic carbocycles.